The molecule has 0 radical (unpaired) electrons. The highest BCUT2D eigenvalue weighted by atomic mass is 32.1. The maximum atomic E-state index is 12.9. The van der Waals surface area contributed by atoms with Gasteiger partial charge in [0.2, 0.25) is 5.78 Å². The summed E-state index contributed by atoms with van der Waals surface area (Å²) in [5, 5.41) is 1.05. The minimum Gasteiger partial charge on any atom is -0.485 e. The number of carbonyl (C=O) groups excluding carboxylic acids is 1. The highest BCUT2D eigenvalue weighted by Gasteiger charge is 2.23. The third-order valence-electron chi connectivity index (χ3n) is 6.17. The molecule has 0 unspecified atom stereocenters. The third kappa shape index (κ3) is 3.98. The van der Waals surface area contributed by atoms with Gasteiger partial charge in [-0.1, -0.05) is 6.07 Å². The van der Waals surface area contributed by atoms with Crippen molar-refractivity contribution < 1.29 is 9.53 Å². The number of ketones is 1. The van der Waals surface area contributed by atoms with E-state index in [0.29, 0.717) is 6.04 Å². The molecule has 1 fully saturated rings. The molecule has 5 rings (SSSR count). The number of Topliss-reactive ketones (excluding diaryl/α,β-unsaturated/α-hetero) is 1. The smallest absolute Gasteiger partial charge is 0.200 e. The van der Waals surface area contributed by atoms with Gasteiger partial charge in [0.25, 0.3) is 0 Å². The number of anilines is 1. The van der Waals surface area contributed by atoms with Crippen LogP contribution in [0.25, 0.3) is 22.1 Å². The fourth-order valence-corrected chi connectivity index (χ4v) is 5.23. The first-order chi connectivity index (χ1) is 15.0. The van der Waals surface area contributed by atoms with Gasteiger partial charge >= 0.3 is 0 Å². The quantitative estimate of drug-likeness (QED) is 0.591. The summed E-state index contributed by atoms with van der Waals surface area (Å²) in [6.07, 6.45) is 2.00. The molecule has 2 aliphatic heterocycles. The van der Waals surface area contributed by atoms with Crippen LogP contribution in [0.4, 0.5) is 5.69 Å². The molecule has 2 aromatic carbocycles. The van der Waals surface area contributed by atoms with Crippen LogP contribution in [0, 0.1) is 6.92 Å². The van der Waals surface area contributed by atoms with Crippen molar-refractivity contribution in [3.8, 4) is 0 Å². The molecular formula is C25H27N3O2S. The molecule has 2 aliphatic rings. The van der Waals surface area contributed by atoms with E-state index in [2.05, 4.69) is 46.8 Å². The Kier molecular flexibility index (Phi) is 5.28. The summed E-state index contributed by atoms with van der Waals surface area (Å²) in [6.45, 7) is 10.6. The highest BCUT2D eigenvalue weighted by molar-refractivity contribution is 7.18. The maximum Gasteiger partial charge on any atom is 0.200 e. The van der Waals surface area contributed by atoms with Gasteiger partial charge < -0.3 is 9.64 Å². The Morgan fingerprint density at radius 3 is 2.65 bits per heavy atom. The van der Waals surface area contributed by atoms with E-state index in [1.165, 1.54) is 0 Å². The van der Waals surface area contributed by atoms with Crippen molar-refractivity contribution in [2.45, 2.75) is 26.8 Å². The summed E-state index contributed by atoms with van der Waals surface area (Å²) in [7, 11) is 0. The molecule has 0 N–H and O–H groups in total. The normalized spacial score (nSPS) is 17.5. The van der Waals surface area contributed by atoms with Crippen LogP contribution in [-0.2, 0) is 4.74 Å². The number of aryl methyl sites for hydroxylation is 1. The van der Waals surface area contributed by atoms with Crippen LogP contribution < -0.4 is 4.90 Å². The molecule has 5 nitrogen and oxygen atoms in total. The first-order valence-corrected chi connectivity index (χ1v) is 11.7. The average molecular weight is 434 g/mol. The number of benzene rings is 2. The molecule has 31 heavy (non-hydrogen) atoms. The second kappa shape index (κ2) is 8.09. The van der Waals surface area contributed by atoms with Gasteiger partial charge in [-0.2, -0.15) is 0 Å². The molecule has 0 saturated carbocycles. The lowest BCUT2D eigenvalue weighted by Crippen LogP contribution is -2.48. The zero-order valence-corrected chi connectivity index (χ0v) is 19.0. The summed E-state index contributed by atoms with van der Waals surface area (Å²) in [5.74, 6) is 0.761. The number of hydrogen-bond donors (Lipinski definition) is 0. The fourth-order valence-electron chi connectivity index (χ4n) is 4.37. The van der Waals surface area contributed by atoms with Crippen molar-refractivity contribution in [2.24, 2.45) is 0 Å². The Hall–Kier alpha value is -2.70. The lowest BCUT2D eigenvalue weighted by molar-refractivity contribution is 0.0905. The second-order valence-corrected chi connectivity index (χ2v) is 9.76. The first kappa shape index (κ1) is 20.2. The van der Waals surface area contributed by atoms with Gasteiger partial charge in [-0.15, -0.1) is 11.3 Å². The molecule has 0 spiro atoms. The van der Waals surface area contributed by atoms with E-state index >= 15 is 0 Å². The Morgan fingerprint density at radius 2 is 1.87 bits per heavy atom. The van der Waals surface area contributed by atoms with Crippen molar-refractivity contribution in [1.29, 1.82) is 0 Å². The summed E-state index contributed by atoms with van der Waals surface area (Å²) in [6, 6.07) is 12.9. The van der Waals surface area contributed by atoms with Crippen LogP contribution in [0.1, 0.15) is 40.3 Å². The van der Waals surface area contributed by atoms with Crippen LogP contribution >= 0.6 is 11.3 Å². The van der Waals surface area contributed by atoms with Crippen molar-refractivity contribution in [2.75, 3.05) is 37.7 Å². The Bertz CT molecular complexity index is 1170. The van der Waals surface area contributed by atoms with E-state index in [4.69, 9.17) is 4.74 Å². The molecule has 1 saturated heterocycles. The van der Waals surface area contributed by atoms with Crippen LogP contribution in [-0.4, -0.2) is 54.5 Å². The molecule has 3 aromatic rings. The number of carbonyl (C=O) groups is 1. The topological polar surface area (TPSA) is 45.7 Å². The summed E-state index contributed by atoms with van der Waals surface area (Å²) < 4.78 is 7.07. The van der Waals surface area contributed by atoms with E-state index in [1.54, 1.807) is 11.3 Å². The predicted molar refractivity (Wildman–Crippen MR) is 128 cm³/mol. The molecule has 3 heterocycles. The second-order valence-electron chi connectivity index (χ2n) is 8.52. The lowest BCUT2D eigenvalue weighted by atomic mass is 10.0. The van der Waals surface area contributed by atoms with Crippen molar-refractivity contribution >= 4 is 44.9 Å². The van der Waals surface area contributed by atoms with Crippen molar-refractivity contribution in [1.82, 2.24) is 9.88 Å². The largest absolute Gasteiger partial charge is 0.485 e. The van der Waals surface area contributed by atoms with E-state index in [-0.39, 0.29) is 12.4 Å². The number of aromatic nitrogens is 1. The average Bonchev–Trinajstić information content (AvgIpc) is 3.07. The monoisotopic (exact) mass is 433 g/mol. The van der Waals surface area contributed by atoms with Gasteiger partial charge in [-0.3, -0.25) is 9.69 Å². The third-order valence-corrected chi connectivity index (χ3v) is 7.11. The minimum atomic E-state index is 0.0265. The summed E-state index contributed by atoms with van der Waals surface area (Å²) in [5.41, 5.74) is 4.76. The van der Waals surface area contributed by atoms with Gasteiger partial charge in [-0.05, 0) is 62.7 Å². The number of hydrogen-bond acceptors (Lipinski definition) is 6. The molecule has 0 bridgehead atoms. The SMILES string of the molecule is Cc1nc2ccc(C3=Cc4ccc(N5CCN(C(C)C)CC5)cc4C(=O)CO3)cc2s1. The number of thiazole rings is 1. The van der Waals surface area contributed by atoms with Gasteiger partial charge in [0.1, 0.15) is 5.76 Å². The lowest BCUT2D eigenvalue weighted by Gasteiger charge is -2.38. The Morgan fingerprint density at radius 1 is 1.06 bits per heavy atom. The predicted octanol–water partition coefficient (Wildman–Crippen LogP) is 4.85. The van der Waals surface area contributed by atoms with E-state index < -0.39 is 0 Å². The number of piperazine rings is 1. The van der Waals surface area contributed by atoms with Gasteiger partial charge in [0.15, 0.2) is 6.61 Å². The molecule has 0 atom stereocenters. The number of nitrogens with zero attached hydrogens (tertiary/aromatic N) is 3. The zero-order chi connectivity index (χ0) is 21.5. The van der Waals surface area contributed by atoms with E-state index in [1.807, 2.05) is 31.2 Å². The number of ether oxygens (including phenoxy) is 1. The fraction of sp³-hybridized carbons (Fsp3) is 0.360. The van der Waals surface area contributed by atoms with Gasteiger partial charge in [0, 0.05) is 49.0 Å². The van der Waals surface area contributed by atoms with Crippen molar-refractivity contribution in [3.05, 3.63) is 58.1 Å². The highest BCUT2D eigenvalue weighted by Crippen LogP contribution is 2.31. The van der Waals surface area contributed by atoms with Crippen LogP contribution in [0.3, 0.4) is 0 Å². The van der Waals surface area contributed by atoms with Gasteiger partial charge in [-0.25, -0.2) is 4.98 Å². The Balaban J connectivity index is 1.44. The maximum absolute atomic E-state index is 12.9. The van der Waals surface area contributed by atoms with Crippen LogP contribution in [0.5, 0.6) is 0 Å². The van der Waals surface area contributed by atoms with E-state index in [9.17, 15) is 4.79 Å². The standard InChI is InChI=1S/C25H27N3O2S/c1-16(2)27-8-10-28(11-9-27)20-6-4-18-12-24(30-15-23(29)21(18)14-20)19-5-7-22-25(13-19)31-17(3)26-22/h4-7,12-14,16H,8-11,15H2,1-3H3. The summed E-state index contributed by atoms with van der Waals surface area (Å²) in [4.78, 5) is 22.3. The molecule has 0 amide bonds. The van der Waals surface area contributed by atoms with E-state index in [0.717, 1.165) is 69.5 Å². The van der Waals surface area contributed by atoms with Crippen molar-refractivity contribution in [3.63, 3.8) is 0 Å². The molecule has 0 aliphatic carbocycles. The molecule has 6 heteroatoms. The molecule has 160 valence electrons. The number of rotatable bonds is 3. The Labute approximate surface area is 187 Å². The van der Waals surface area contributed by atoms with Crippen LogP contribution in [0.15, 0.2) is 36.4 Å². The molecular weight excluding hydrogens is 406 g/mol. The minimum absolute atomic E-state index is 0.0265. The van der Waals surface area contributed by atoms with Gasteiger partial charge in [0.05, 0.1) is 15.2 Å². The zero-order valence-electron chi connectivity index (χ0n) is 18.2. The number of fused-ring (bicyclic) bond motifs is 2. The first-order valence-electron chi connectivity index (χ1n) is 10.9. The van der Waals surface area contributed by atoms with Crippen LogP contribution in [0.2, 0.25) is 0 Å². The summed E-state index contributed by atoms with van der Waals surface area (Å²) >= 11 is 1.67. The molecule has 1 aromatic heterocycles.